The van der Waals surface area contributed by atoms with Crippen LogP contribution in [0.25, 0.3) is 6.08 Å². The van der Waals surface area contributed by atoms with Crippen molar-refractivity contribution >= 4 is 24.0 Å². The molecule has 1 spiro atoms. The first-order chi connectivity index (χ1) is 12.5. The summed E-state index contributed by atoms with van der Waals surface area (Å²) < 4.78 is 5.13. The molecule has 1 aliphatic heterocycles. The van der Waals surface area contributed by atoms with Crippen molar-refractivity contribution in [3.63, 3.8) is 0 Å². The zero-order valence-electron chi connectivity index (χ0n) is 14.9. The van der Waals surface area contributed by atoms with Crippen LogP contribution in [0.1, 0.15) is 38.2 Å². The first-order valence-electron chi connectivity index (χ1n) is 9.04. The predicted octanol–water partition coefficient (Wildman–Crippen LogP) is 2.74. The van der Waals surface area contributed by atoms with E-state index in [9.17, 15) is 14.4 Å². The molecular formula is C20H24N2O4. The first-order valence-corrected chi connectivity index (χ1v) is 9.04. The first kappa shape index (κ1) is 18.2. The van der Waals surface area contributed by atoms with Crippen LogP contribution in [0.3, 0.4) is 0 Å². The fraction of sp³-hybridized carbons (Fsp3) is 0.450. The number of amides is 3. The highest BCUT2D eigenvalue weighted by atomic mass is 16.5. The normalized spacial score (nSPS) is 25.7. The number of nitrogens with zero attached hydrogens (tertiary/aromatic N) is 1. The van der Waals surface area contributed by atoms with Gasteiger partial charge in [-0.05, 0) is 30.4 Å². The van der Waals surface area contributed by atoms with Crippen LogP contribution in [0, 0.1) is 5.92 Å². The maximum absolute atomic E-state index is 12.8. The minimum absolute atomic E-state index is 0.0718. The molecular weight excluding hydrogens is 332 g/mol. The maximum Gasteiger partial charge on any atom is 0.326 e. The highest BCUT2D eigenvalue weighted by molar-refractivity contribution is 6.08. The zero-order valence-corrected chi connectivity index (χ0v) is 14.9. The standard InChI is InChI=1S/C20H24N2O4/c1-15-8-5-6-12-20(15)18(24)22(19(25)21-20)14-17(23)26-13-7-11-16-9-3-2-4-10-16/h2-4,7,9-11,15H,5-6,8,12-14H2,1H3,(H,21,25). The number of rotatable bonds is 5. The third kappa shape index (κ3) is 3.64. The molecule has 138 valence electrons. The topological polar surface area (TPSA) is 75.7 Å². The summed E-state index contributed by atoms with van der Waals surface area (Å²) in [4.78, 5) is 38.0. The lowest BCUT2D eigenvalue weighted by Gasteiger charge is -2.36. The van der Waals surface area contributed by atoms with Crippen LogP contribution >= 0.6 is 0 Å². The molecule has 2 fully saturated rings. The van der Waals surface area contributed by atoms with E-state index in [0.29, 0.717) is 6.42 Å². The number of carbonyl (C=O) groups is 3. The quantitative estimate of drug-likeness (QED) is 0.650. The van der Waals surface area contributed by atoms with Gasteiger partial charge in [0, 0.05) is 0 Å². The molecule has 2 atom stereocenters. The van der Waals surface area contributed by atoms with Crippen molar-refractivity contribution in [2.24, 2.45) is 5.92 Å². The maximum atomic E-state index is 12.8. The van der Waals surface area contributed by atoms with Crippen molar-refractivity contribution in [2.45, 2.75) is 38.1 Å². The van der Waals surface area contributed by atoms with Crippen molar-refractivity contribution in [3.05, 3.63) is 42.0 Å². The van der Waals surface area contributed by atoms with Crippen molar-refractivity contribution in [2.75, 3.05) is 13.2 Å². The van der Waals surface area contributed by atoms with E-state index in [1.165, 1.54) is 0 Å². The van der Waals surface area contributed by atoms with Crippen molar-refractivity contribution in [1.29, 1.82) is 0 Å². The summed E-state index contributed by atoms with van der Waals surface area (Å²) in [5.41, 5.74) is 0.161. The smallest absolute Gasteiger partial charge is 0.326 e. The van der Waals surface area contributed by atoms with Gasteiger partial charge in [0.05, 0.1) is 0 Å². The molecule has 3 rings (SSSR count). The number of hydrogen-bond donors (Lipinski definition) is 1. The van der Waals surface area contributed by atoms with Gasteiger partial charge in [-0.25, -0.2) is 4.79 Å². The van der Waals surface area contributed by atoms with Crippen LogP contribution in [0.5, 0.6) is 0 Å². The molecule has 0 radical (unpaired) electrons. The van der Waals surface area contributed by atoms with Crippen LogP contribution in [-0.4, -0.2) is 41.5 Å². The highest BCUT2D eigenvalue weighted by Gasteiger charge is 2.55. The number of hydrogen-bond acceptors (Lipinski definition) is 4. The number of benzene rings is 1. The lowest BCUT2D eigenvalue weighted by molar-refractivity contribution is -0.147. The summed E-state index contributed by atoms with van der Waals surface area (Å²) in [7, 11) is 0. The SMILES string of the molecule is CC1CCCCC12NC(=O)N(CC(=O)OCC=Cc1ccccc1)C2=O. The van der Waals surface area contributed by atoms with E-state index in [0.717, 1.165) is 29.7 Å². The molecule has 0 bridgehead atoms. The van der Waals surface area contributed by atoms with Gasteiger partial charge in [0.15, 0.2) is 0 Å². The largest absolute Gasteiger partial charge is 0.460 e. The Kier molecular flexibility index (Phi) is 5.40. The molecule has 6 nitrogen and oxygen atoms in total. The van der Waals surface area contributed by atoms with Crippen molar-refractivity contribution < 1.29 is 19.1 Å². The van der Waals surface area contributed by atoms with Gasteiger partial charge in [0.25, 0.3) is 5.91 Å². The Hall–Kier alpha value is -2.63. The predicted molar refractivity (Wildman–Crippen MR) is 97.0 cm³/mol. The summed E-state index contributed by atoms with van der Waals surface area (Å²) in [6.07, 6.45) is 7.06. The van der Waals surface area contributed by atoms with E-state index < -0.39 is 17.5 Å². The molecule has 3 amide bonds. The van der Waals surface area contributed by atoms with E-state index in [4.69, 9.17) is 4.74 Å². The monoisotopic (exact) mass is 356 g/mol. The molecule has 1 aliphatic carbocycles. The minimum atomic E-state index is -0.844. The zero-order chi connectivity index (χ0) is 18.6. The fourth-order valence-electron chi connectivity index (χ4n) is 3.70. The molecule has 2 aliphatic rings. The third-order valence-electron chi connectivity index (χ3n) is 5.24. The number of nitrogens with one attached hydrogen (secondary N) is 1. The molecule has 2 unspecified atom stereocenters. The molecule has 1 aromatic rings. The fourth-order valence-corrected chi connectivity index (χ4v) is 3.70. The Morgan fingerprint density at radius 2 is 2.08 bits per heavy atom. The summed E-state index contributed by atoms with van der Waals surface area (Å²) >= 11 is 0. The molecule has 1 aromatic carbocycles. The summed E-state index contributed by atoms with van der Waals surface area (Å²) in [5, 5.41) is 2.83. The Morgan fingerprint density at radius 1 is 1.31 bits per heavy atom. The molecule has 1 saturated carbocycles. The lowest BCUT2D eigenvalue weighted by atomic mass is 9.73. The Morgan fingerprint density at radius 3 is 2.81 bits per heavy atom. The van der Waals surface area contributed by atoms with Gasteiger partial charge in [-0.1, -0.05) is 56.2 Å². The molecule has 1 saturated heterocycles. The van der Waals surface area contributed by atoms with E-state index >= 15 is 0 Å². The van der Waals surface area contributed by atoms with Gasteiger partial charge in [0.2, 0.25) is 0 Å². The molecule has 0 aromatic heterocycles. The molecule has 26 heavy (non-hydrogen) atoms. The van der Waals surface area contributed by atoms with Crippen molar-refractivity contribution in [3.8, 4) is 0 Å². The van der Waals surface area contributed by atoms with E-state index in [1.54, 1.807) is 6.08 Å². The average molecular weight is 356 g/mol. The second kappa shape index (κ2) is 7.72. The Bertz CT molecular complexity index is 716. The highest BCUT2D eigenvalue weighted by Crippen LogP contribution is 2.38. The number of imide groups is 1. The number of ether oxygens (including phenoxy) is 1. The Labute approximate surface area is 153 Å². The summed E-state index contributed by atoms with van der Waals surface area (Å²) in [5.74, 6) is -0.819. The van der Waals surface area contributed by atoms with Gasteiger partial charge in [-0.3, -0.25) is 14.5 Å². The van der Waals surface area contributed by atoms with Crippen LogP contribution in [0.15, 0.2) is 36.4 Å². The molecule has 1 N–H and O–H groups in total. The summed E-state index contributed by atoms with van der Waals surface area (Å²) in [6, 6.07) is 9.15. The van der Waals surface area contributed by atoms with Crippen LogP contribution in [-0.2, 0) is 14.3 Å². The van der Waals surface area contributed by atoms with Crippen LogP contribution < -0.4 is 5.32 Å². The number of esters is 1. The van der Waals surface area contributed by atoms with E-state index in [1.807, 2.05) is 43.3 Å². The summed E-state index contributed by atoms with van der Waals surface area (Å²) in [6.45, 7) is 1.73. The van der Waals surface area contributed by atoms with Gasteiger partial charge >= 0.3 is 12.0 Å². The Balaban J connectivity index is 1.53. The van der Waals surface area contributed by atoms with Crippen molar-refractivity contribution in [1.82, 2.24) is 10.2 Å². The van der Waals surface area contributed by atoms with E-state index in [-0.39, 0.29) is 25.0 Å². The second-order valence-corrected chi connectivity index (χ2v) is 6.94. The lowest BCUT2D eigenvalue weighted by Crippen LogP contribution is -2.54. The molecule has 1 heterocycles. The van der Waals surface area contributed by atoms with E-state index in [2.05, 4.69) is 5.32 Å². The van der Waals surface area contributed by atoms with Gasteiger partial charge in [-0.15, -0.1) is 0 Å². The average Bonchev–Trinajstić information content (AvgIpc) is 2.87. The van der Waals surface area contributed by atoms with Crippen LogP contribution in [0.4, 0.5) is 4.79 Å². The van der Waals surface area contributed by atoms with Gasteiger partial charge in [-0.2, -0.15) is 0 Å². The minimum Gasteiger partial charge on any atom is -0.460 e. The van der Waals surface area contributed by atoms with Gasteiger partial charge < -0.3 is 10.1 Å². The third-order valence-corrected chi connectivity index (χ3v) is 5.24. The second-order valence-electron chi connectivity index (χ2n) is 6.94. The molecule has 6 heteroatoms. The number of urea groups is 1. The number of carbonyl (C=O) groups excluding carboxylic acids is 3. The van der Waals surface area contributed by atoms with Crippen LogP contribution in [0.2, 0.25) is 0 Å². The van der Waals surface area contributed by atoms with Gasteiger partial charge in [0.1, 0.15) is 18.7 Å².